The van der Waals surface area contributed by atoms with Gasteiger partial charge >= 0.3 is 0 Å². The number of thioether (sulfide) groups is 1. The fourth-order valence-electron chi connectivity index (χ4n) is 2.76. The summed E-state index contributed by atoms with van der Waals surface area (Å²) in [6.45, 7) is 5.06. The van der Waals surface area contributed by atoms with E-state index in [1.54, 1.807) is 11.8 Å². The number of amidine groups is 1. The second-order valence-corrected chi connectivity index (χ2v) is 7.19. The van der Waals surface area contributed by atoms with Gasteiger partial charge in [0.15, 0.2) is 5.17 Å². The summed E-state index contributed by atoms with van der Waals surface area (Å²) in [7, 11) is 0. The second-order valence-electron chi connectivity index (χ2n) is 6.13. The van der Waals surface area contributed by atoms with Crippen molar-refractivity contribution >= 4 is 28.5 Å². The first-order chi connectivity index (χ1) is 11.7. The lowest BCUT2D eigenvalue weighted by atomic mass is 10.0. The van der Waals surface area contributed by atoms with Crippen molar-refractivity contribution in [3.8, 4) is 0 Å². The average molecular weight is 338 g/mol. The summed E-state index contributed by atoms with van der Waals surface area (Å²) in [4.78, 5) is 19.5. The van der Waals surface area contributed by atoms with Gasteiger partial charge in [0.25, 0.3) is 5.91 Å². The van der Waals surface area contributed by atoms with Crippen molar-refractivity contribution in [2.75, 3.05) is 12.3 Å². The molecule has 1 saturated heterocycles. The van der Waals surface area contributed by atoms with Gasteiger partial charge in [-0.15, -0.1) is 0 Å². The highest BCUT2D eigenvalue weighted by atomic mass is 32.2. The van der Waals surface area contributed by atoms with Gasteiger partial charge in [-0.2, -0.15) is 0 Å². The van der Waals surface area contributed by atoms with Crippen molar-refractivity contribution in [1.29, 1.82) is 0 Å². The molecule has 124 valence electrons. The highest BCUT2D eigenvalue weighted by Crippen LogP contribution is 2.29. The van der Waals surface area contributed by atoms with E-state index in [1.165, 1.54) is 5.56 Å². The number of nitrogens with zero attached hydrogens (tertiary/aromatic N) is 2. The second kappa shape index (κ2) is 7.67. The average Bonchev–Trinajstić information content (AvgIpc) is 2.62. The van der Waals surface area contributed by atoms with Gasteiger partial charge in [-0.05, 0) is 36.1 Å². The van der Waals surface area contributed by atoms with Gasteiger partial charge < -0.3 is 0 Å². The topological polar surface area (TPSA) is 32.7 Å². The Balaban J connectivity index is 1.94. The number of rotatable bonds is 3. The van der Waals surface area contributed by atoms with Crippen LogP contribution in [0.4, 0.5) is 5.69 Å². The Morgan fingerprint density at radius 1 is 1.08 bits per heavy atom. The molecule has 1 fully saturated rings. The molecule has 0 saturated carbocycles. The molecule has 1 heterocycles. The summed E-state index contributed by atoms with van der Waals surface area (Å²) >= 11 is 1.66. The van der Waals surface area contributed by atoms with Gasteiger partial charge in [0.05, 0.1) is 5.69 Å². The third-order valence-corrected chi connectivity index (χ3v) is 5.09. The fourth-order valence-corrected chi connectivity index (χ4v) is 3.71. The minimum atomic E-state index is 0.0311. The molecule has 4 heteroatoms. The monoisotopic (exact) mass is 338 g/mol. The molecule has 1 amide bonds. The molecule has 0 unspecified atom stereocenters. The zero-order chi connectivity index (χ0) is 16.9. The number of carbonyl (C=O) groups excluding carboxylic acids is 1. The number of aliphatic imine (C=N–C) groups is 1. The molecular weight excluding hydrogens is 316 g/mol. The van der Waals surface area contributed by atoms with E-state index in [2.05, 4.69) is 19.9 Å². The molecule has 3 rings (SSSR count). The fraction of sp³-hybridized carbons (Fsp3) is 0.300. The number of benzene rings is 2. The van der Waals surface area contributed by atoms with Crippen LogP contribution in [0.25, 0.3) is 0 Å². The van der Waals surface area contributed by atoms with Crippen LogP contribution in [-0.4, -0.2) is 28.3 Å². The first kappa shape index (κ1) is 16.8. The highest BCUT2D eigenvalue weighted by Gasteiger charge is 2.25. The Hall–Kier alpha value is -2.07. The van der Waals surface area contributed by atoms with Crippen LogP contribution in [0.1, 0.15) is 42.1 Å². The van der Waals surface area contributed by atoms with E-state index in [4.69, 9.17) is 4.99 Å². The Kier molecular flexibility index (Phi) is 5.36. The van der Waals surface area contributed by atoms with E-state index >= 15 is 0 Å². The molecule has 1 aliphatic rings. The maximum atomic E-state index is 12.9. The normalized spacial score (nSPS) is 16.6. The van der Waals surface area contributed by atoms with E-state index in [1.807, 2.05) is 53.4 Å². The quantitative estimate of drug-likeness (QED) is 0.782. The van der Waals surface area contributed by atoms with Gasteiger partial charge in [-0.1, -0.05) is 62.0 Å². The molecule has 0 N–H and O–H groups in total. The Morgan fingerprint density at radius 3 is 2.54 bits per heavy atom. The molecule has 1 aliphatic heterocycles. The molecule has 3 nitrogen and oxygen atoms in total. The van der Waals surface area contributed by atoms with Crippen molar-refractivity contribution in [2.24, 2.45) is 4.99 Å². The van der Waals surface area contributed by atoms with Crippen molar-refractivity contribution in [2.45, 2.75) is 26.2 Å². The summed E-state index contributed by atoms with van der Waals surface area (Å²) in [5, 5.41) is 0.809. The first-order valence-corrected chi connectivity index (χ1v) is 9.32. The van der Waals surface area contributed by atoms with Crippen molar-refractivity contribution < 1.29 is 4.79 Å². The van der Waals surface area contributed by atoms with Crippen LogP contribution < -0.4 is 0 Å². The summed E-state index contributed by atoms with van der Waals surface area (Å²) in [5.74, 6) is 1.43. The van der Waals surface area contributed by atoms with Gasteiger partial charge in [-0.3, -0.25) is 9.69 Å². The third kappa shape index (κ3) is 3.70. The molecule has 0 bridgehead atoms. The van der Waals surface area contributed by atoms with Crippen LogP contribution in [0, 0.1) is 0 Å². The maximum Gasteiger partial charge on any atom is 0.259 e. The minimum Gasteiger partial charge on any atom is -0.287 e. The lowest BCUT2D eigenvalue weighted by molar-refractivity contribution is 0.0849. The maximum absolute atomic E-state index is 12.9. The summed E-state index contributed by atoms with van der Waals surface area (Å²) in [6.07, 6.45) is 0.994. The van der Waals surface area contributed by atoms with Crippen molar-refractivity contribution in [3.63, 3.8) is 0 Å². The Labute approximate surface area is 147 Å². The van der Waals surface area contributed by atoms with Crippen LogP contribution in [-0.2, 0) is 0 Å². The first-order valence-electron chi connectivity index (χ1n) is 8.34. The molecule has 0 radical (unpaired) electrons. The van der Waals surface area contributed by atoms with Gasteiger partial charge in [0, 0.05) is 17.9 Å². The molecule has 0 spiro atoms. The highest BCUT2D eigenvalue weighted by molar-refractivity contribution is 8.13. The lowest BCUT2D eigenvalue weighted by Crippen LogP contribution is -2.39. The predicted octanol–water partition coefficient (Wildman–Crippen LogP) is 5.08. The van der Waals surface area contributed by atoms with E-state index in [0.717, 1.165) is 29.6 Å². The number of hydrogen-bond acceptors (Lipinski definition) is 3. The minimum absolute atomic E-state index is 0.0311. The van der Waals surface area contributed by atoms with E-state index in [9.17, 15) is 4.79 Å². The van der Waals surface area contributed by atoms with Gasteiger partial charge in [0.2, 0.25) is 0 Å². The van der Waals surface area contributed by atoms with Crippen molar-refractivity contribution in [3.05, 3.63) is 65.7 Å². The number of para-hydroxylation sites is 1. The van der Waals surface area contributed by atoms with Crippen LogP contribution in [0.15, 0.2) is 59.6 Å². The van der Waals surface area contributed by atoms with Gasteiger partial charge in [-0.25, -0.2) is 4.99 Å². The van der Waals surface area contributed by atoms with Crippen molar-refractivity contribution in [1.82, 2.24) is 4.90 Å². The molecule has 2 aromatic rings. The number of amides is 1. The predicted molar refractivity (Wildman–Crippen MR) is 102 cm³/mol. The van der Waals surface area contributed by atoms with E-state index in [0.29, 0.717) is 11.5 Å². The van der Waals surface area contributed by atoms with Crippen LogP contribution in [0.5, 0.6) is 0 Å². The van der Waals surface area contributed by atoms with Gasteiger partial charge in [0.1, 0.15) is 0 Å². The summed E-state index contributed by atoms with van der Waals surface area (Å²) < 4.78 is 0. The standard InChI is InChI=1S/C20H22N2OS/c1-15(2)17-11-6-7-12-18(17)21-20-22(13-8-14-24-20)19(23)16-9-4-3-5-10-16/h3-7,9-12,15H,8,13-14H2,1-2H3. The SMILES string of the molecule is CC(C)c1ccccc1N=C1SCCCN1C(=O)c1ccccc1. The molecule has 0 atom stereocenters. The Bertz CT molecular complexity index is 740. The summed E-state index contributed by atoms with van der Waals surface area (Å²) in [5.41, 5.74) is 2.89. The zero-order valence-electron chi connectivity index (χ0n) is 14.1. The molecule has 0 aliphatic carbocycles. The van der Waals surface area contributed by atoms with E-state index in [-0.39, 0.29) is 5.91 Å². The lowest BCUT2D eigenvalue weighted by Gasteiger charge is -2.28. The molecular formula is C20H22N2OS. The number of hydrogen-bond donors (Lipinski definition) is 0. The van der Waals surface area contributed by atoms with Crippen LogP contribution >= 0.6 is 11.8 Å². The summed E-state index contributed by atoms with van der Waals surface area (Å²) in [6, 6.07) is 17.6. The Morgan fingerprint density at radius 2 is 1.79 bits per heavy atom. The molecule has 2 aromatic carbocycles. The van der Waals surface area contributed by atoms with Crippen LogP contribution in [0.2, 0.25) is 0 Å². The van der Waals surface area contributed by atoms with Crippen LogP contribution in [0.3, 0.4) is 0 Å². The smallest absolute Gasteiger partial charge is 0.259 e. The largest absolute Gasteiger partial charge is 0.287 e. The van der Waals surface area contributed by atoms with E-state index < -0.39 is 0 Å². The zero-order valence-corrected chi connectivity index (χ0v) is 14.9. The molecule has 24 heavy (non-hydrogen) atoms. The third-order valence-electron chi connectivity index (χ3n) is 4.03. The molecule has 0 aromatic heterocycles. The number of carbonyl (C=O) groups is 1.